The molecule has 1 N–H and O–H groups in total. The van der Waals surface area contributed by atoms with Gasteiger partial charge in [0.15, 0.2) is 0 Å². The number of rotatable bonds is 0. The summed E-state index contributed by atoms with van der Waals surface area (Å²) in [5.41, 5.74) is -0.196. The molecule has 0 bridgehead atoms. The zero-order valence-electron chi connectivity index (χ0n) is 7.05. The standard InChI is InChI=1S/C9H16O2/c1-9-7(5-6-11-9)3-2-4-8(9)10/h7-8,10H,2-6H2,1H3. The average Bonchev–Trinajstić information content (AvgIpc) is 2.34. The molecule has 2 fully saturated rings. The lowest BCUT2D eigenvalue weighted by atomic mass is 9.75. The molecule has 2 aliphatic rings. The minimum Gasteiger partial charge on any atom is -0.390 e. The van der Waals surface area contributed by atoms with E-state index in [-0.39, 0.29) is 11.7 Å². The number of fused-ring (bicyclic) bond motifs is 1. The molecule has 1 saturated carbocycles. The summed E-state index contributed by atoms with van der Waals surface area (Å²) in [6.45, 7) is 2.91. The predicted octanol–water partition coefficient (Wildman–Crippen LogP) is 1.33. The van der Waals surface area contributed by atoms with E-state index in [0.717, 1.165) is 19.4 Å². The van der Waals surface area contributed by atoms with E-state index in [1.807, 2.05) is 0 Å². The van der Waals surface area contributed by atoms with Crippen molar-refractivity contribution in [2.45, 2.75) is 44.3 Å². The van der Waals surface area contributed by atoms with Crippen LogP contribution in [0.5, 0.6) is 0 Å². The fraction of sp³-hybridized carbons (Fsp3) is 1.00. The smallest absolute Gasteiger partial charge is 0.0940 e. The van der Waals surface area contributed by atoms with Crippen molar-refractivity contribution < 1.29 is 9.84 Å². The Morgan fingerprint density at radius 1 is 1.36 bits per heavy atom. The van der Waals surface area contributed by atoms with Gasteiger partial charge in [0, 0.05) is 6.61 Å². The molecule has 1 aliphatic heterocycles. The number of hydrogen-bond donors (Lipinski definition) is 1. The van der Waals surface area contributed by atoms with Crippen LogP contribution in [0.15, 0.2) is 0 Å². The van der Waals surface area contributed by atoms with Crippen LogP contribution in [-0.2, 0) is 4.74 Å². The SMILES string of the molecule is CC12OCCC1CCCC2O. The van der Waals surface area contributed by atoms with Gasteiger partial charge >= 0.3 is 0 Å². The van der Waals surface area contributed by atoms with Crippen molar-refractivity contribution in [2.75, 3.05) is 6.61 Å². The van der Waals surface area contributed by atoms with Gasteiger partial charge in [0.05, 0.1) is 11.7 Å². The minimum absolute atomic E-state index is 0.196. The van der Waals surface area contributed by atoms with Gasteiger partial charge in [-0.1, -0.05) is 6.42 Å². The van der Waals surface area contributed by atoms with E-state index in [9.17, 15) is 5.11 Å². The van der Waals surface area contributed by atoms with Crippen molar-refractivity contribution in [1.82, 2.24) is 0 Å². The third-order valence-electron chi connectivity index (χ3n) is 3.38. The van der Waals surface area contributed by atoms with Gasteiger partial charge in [-0.25, -0.2) is 0 Å². The Bertz CT molecular complexity index is 158. The molecule has 1 saturated heterocycles. The second-order valence-electron chi connectivity index (χ2n) is 3.96. The van der Waals surface area contributed by atoms with E-state index >= 15 is 0 Å². The Labute approximate surface area is 67.6 Å². The van der Waals surface area contributed by atoms with Crippen LogP contribution in [0.25, 0.3) is 0 Å². The van der Waals surface area contributed by atoms with Crippen LogP contribution in [-0.4, -0.2) is 23.4 Å². The van der Waals surface area contributed by atoms with E-state index in [1.54, 1.807) is 0 Å². The van der Waals surface area contributed by atoms with Crippen LogP contribution in [0.4, 0.5) is 0 Å². The normalized spacial score (nSPS) is 50.7. The van der Waals surface area contributed by atoms with Crippen molar-refractivity contribution >= 4 is 0 Å². The minimum atomic E-state index is -0.219. The average molecular weight is 156 g/mol. The first-order chi connectivity index (χ1) is 5.23. The second-order valence-corrected chi connectivity index (χ2v) is 3.96. The van der Waals surface area contributed by atoms with Gasteiger partial charge in [-0.2, -0.15) is 0 Å². The van der Waals surface area contributed by atoms with Gasteiger partial charge in [0.25, 0.3) is 0 Å². The van der Waals surface area contributed by atoms with Crippen molar-refractivity contribution in [3.63, 3.8) is 0 Å². The summed E-state index contributed by atoms with van der Waals surface area (Å²) in [5.74, 6) is 0.617. The largest absolute Gasteiger partial charge is 0.390 e. The van der Waals surface area contributed by atoms with Gasteiger partial charge in [-0.15, -0.1) is 0 Å². The molecule has 2 heteroatoms. The van der Waals surface area contributed by atoms with Crippen LogP contribution < -0.4 is 0 Å². The quantitative estimate of drug-likeness (QED) is 0.573. The number of aliphatic hydroxyl groups excluding tert-OH is 1. The molecule has 2 rings (SSSR count). The molecule has 1 aliphatic carbocycles. The fourth-order valence-corrected chi connectivity index (χ4v) is 2.47. The van der Waals surface area contributed by atoms with E-state index in [2.05, 4.69) is 6.92 Å². The number of ether oxygens (including phenoxy) is 1. The molecule has 3 atom stereocenters. The lowest BCUT2D eigenvalue weighted by Crippen LogP contribution is -2.47. The molecule has 0 spiro atoms. The van der Waals surface area contributed by atoms with Crippen LogP contribution in [0.1, 0.15) is 32.6 Å². The van der Waals surface area contributed by atoms with E-state index < -0.39 is 0 Å². The van der Waals surface area contributed by atoms with E-state index in [4.69, 9.17) is 4.74 Å². The van der Waals surface area contributed by atoms with Crippen LogP contribution >= 0.6 is 0 Å². The zero-order chi connectivity index (χ0) is 7.90. The molecular weight excluding hydrogens is 140 g/mol. The summed E-state index contributed by atoms with van der Waals surface area (Å²) in [6.07, 6.45) is 4.27. The molecule has 0 amide bonds. The van der Waals surface area contributed by atoms with Crippen molar-refractivity contribution in [2.24, 2.45) is 5.92 Å². The molecule has 1 heterocycles. The highest BCUT2D eigenvalue weighted by Crippen LogP contribution is 2.42. The summed E-state index contributed by atoms with van der Waals surface area (Å²) < 4.78 is 5.61. The van der Waals surface area contributed by atoms with Crippen molar-refractivity contribution in [3.05, 3.63) is 0 Å². The summed E-state index contributed by atoms with van der Waals surface area (Å²) in [6, 6.07) is 0. The van der Waals surface area contributed by atoms with Gasteiger partial charge < -0.3 is 9.84 Å². The monoisotopic (exact) mass is 156 g/mol. The Morgan fingerprint density at radius 3 is 2.91 bits per heavy atom. The molecule has 0 aromatic rings. The van der Waals surface area contributed by atoms with E-state index in [1.165, 1.54) is 12.8 Å². The summed E-state index contributed by atoms with van der Waals surface area (Å²) >= 11 is 0. The molecule has 64 valence electrons. The van der Waals surface area contributed by atoms with Crippen molar-refractivity contribution in [3.8, 4) is 0 Å². The highest BCUT2D eigenvalue weighted by molar-refractivity contribution is 4.97. The van der Waals surface area contributed by atoms with Gasteiger partial charge in [-0.05, 0) is 32.1 Å². The molecule has 2 nitrogen and oxygen atoms in total. The lowest BCUT2D eigenvalue weighted by Gasteiger charge is -2.39. The van der Waals surface area contributed by atoms with Crippen LogP contribution in [0.2, 0.25) is 0 Å². The fourth-order valence-electron chi connectivity index (χ4n) is 2.47. The third-order valence-corrected chi connectivity index (χ3v) is 3.38. The van der Waals surface area contributed by atoms with Crippen LogP contribution in [0.3, 0.4) is 0 Å². The van der Waals surface area contributed by atoms with Gasteiger partial charge in [0.2, 0.25) is 0 Å². The summed E-state index contributed by atoms with van der Waals surface area (Å²) in [5, 5.41) is 9.71. The molecule has 3 unspecified atom stereocenters. The Balaban J connectivity index is 2.17. The molecule has 0 aromatic carbocycles. The Morgan fingerprint density at radius 2 is 2.18 bits per heavy atom. The van der Waals surface area contributed by atoms with Crippen molar-refractivity contribution in [1.29, 1.82) is 0 Å². The summed E-state index contributed by atoms with van der Waals surface area (Å²) in [7, 11) is 0. The molecule has 0 radical (unpaired) electrons. The summed E-state index contributed by atoms with van der Waals surface area (Å²) in [4.78, 5) is 0. The first kappa shape index (κ1) is 7.56. The third kappa shape index (κ3) is 1.00. The topological polar surface area (TPSA) is 29.5 Å². The molecule has 0 aromatic heterocycles. The highest BCUT2D eigenvalue weighted by Gasteiger charge is 2.47. The highest BCUT2D eigenvalue weighted by atomic mass is 16.5. The Kier molecular flexibility index (Phi) is 1.69. The Hall–Kier alpha value is -0.0800. The number of aliphatic hydroxyl groups is 1. The van der Waals surface area contributed by atoms with Gasteiger partial charge in [0.1, 0.15) is 0 Å². The second kappa shape index (κ2) is 2.46. The molecular formula is C9H16O2. The maximum Gasteiger partial charge on any atom is 0.0940 e. The predicted molar refractivity (Wildman–Crippen MR) is 42.3 cm³/mol. The molecule has 11 heavy (non-hydrogen) atoms. The first-order valence-electron chi connectivity index (χ1n) is 4.55. The first-order valence-corrected chi connectivity index (χ1v) is 4.55. The van der Waals surface area contributed by atoms with E-state index in [0.29, 0.717) is 5.92 Å². The maximum atomic E-state index is 9.71. The van der Waals surface area contributed by atoms with Gasteiger partial charge in [-0.3, -0.25) is 0 Å². The van der Waals surface area contributed by atoms with Crippen LogP contribution in [0, 0.1) is 5.92 Å². The lowest BCUT2D eigenvalue weighted by molar-refractivity contribution is -0.117. The zero-order valence-corrected chi connectivity index (χ0v) is 7.05. The number of hydrogen-bond acceptors (Lipinski definition) is 2. The maximum absolute atomic E-state index is 9.71.